The molecule has 1 aromatic carbocycles. The molecule has 1 aliphatic rings. The minimum absolute atomic E-state index is 0.113. The van der Waals surface area contributed by atoms with Gasteiger partial charge in [-0.3, -0.25) is 0 Å². The molecule has 0 aromatic heterocycles. The van der Waals surface area contributed by atoms with Crippen LogP contribution in [0.5, 0.6) is 0 Å². The molecule has 3 nitrogen and oxygen atoms in total. The van der Waals surface area contributed by atoms with Gasteiger partial charge in [-0.1, -0.05) is 43.2 Å². The fourth-order valence-electron chi connectivity index (χ4n) is 2.32. The van der Waals surface area contributed by atoms with Gasteiger partial charge in [0.15, 0.2) is 0 Å². The zero-order valence-electron chi connectivity index (χ0n) is 10.1. The molecule has 2 rings (SSSR count). The third-order valence-electron chi connectivity index (χ3n) is 3.41. The van der Waals surface area contributed by atoms with Crippen molar-refractivity contribution in [2.75, 3.05) is 6.61 Å². The highest BCUT2D eigenvalue weighted by molar-refractivity contribution is 5.17. The summed E-state index contributed by atoms with van der Waals surface area (Å²) < 4.78 is 5.74. The number of hydrogen-bond donors (Lipinski definition) is 2. The molecule has 94 valence electrons. The molecule has 3 atom stereocenters. The summed E-state index contributed by atoms with van der Waals surface area (Å²) in [6, 6.07) is 9.74. The second-order valence-electron chi connectivity index (χ2n) is 4.75. The standard InChI is InChI=1S/C14H21NO2/c15-12-8-4-5-9-14(12)17-10-13(16)11-6-2-1-3-7-11/h1-3,6-7,12-14,16H,4-5,8-10,15H2. The topological polar surface area (TPSA) is 55.5 Å². The van der Waals surface area contributed by atoms with Crippen LogP contribution >= 0.6 is 0 Å². The van der Waals surface area contributed by atoms with E-state index in [4.69, 9.17) is 10.5 Å². The lowest BCUT2D eigenvalue weighted by Gasteiger charge is -2.29. The van der Waals surface area contributed by atoms with Gasteiger partial charge in [0.2, 0.25) is 0 Å². The van der Waals surface area contributed by atoms with Crippen LogP contribution in [0, 0.1) is 0 Å². The van der Waals surface area contributed by atoms with E-state index in [1.807, 2.05) is 30.3 Å². The van der Waals surface area contributed by atoms with Gasteiger partial charge in [-0.25, -0.2) is 0 Å². The Morgan fingerprint density at radius 2 is 1.94 bits per heavy atom. The first-order valence-electron chi connectivity index (χ1n) is 6.37. The maximum atomic E-state index is 9.97. The molecule has 17 heavy (non-hydrogen) atoms. The molecule has 0 radical (unpaired) electrons. The van der Waals surface area contributed by atoms with Gasteiger partial charge in [0.1, 0.15) is 6.10 Å². The van der Waals surface area contributed by atoms with Crippen LogP contribution in [0.4, 0.5) is 0 Å². The highest BCUT2D eigenvalue weighted by Gasteiger charge is 2.23. The van der Waals surface area contributed by atoms with E-state index in [1.54, 1.807) is 0 Å². The van der Waals surface area contributed by atoms with Gasteiger partial charge in [0.05, 0.1) is 12.7 Å². The van der Waals surface area contributed by atoms with E-state index >= 15 is 0 Å². The molecule has 0 aliphatic heterocycles. The number of hydrogen-bond acceptors (Lipinski definition) is 3. The third-order valence-corrected chi connectivity index (χ3v) is 3.41. The average molecular weight is 235 g/mol. The number of benzene rings is 1. The van der Waals surface area contributed by atoms with Crippen molar-refractivity contribution in [2.45, 2.75) is 43.9 Å². The molecule has 0 amide bonds. The monoisotopic (exact) mass is 235 g/mol. The van der Waals surface area contributed by atoms with Crippen LogP contribution in [0.25, 0.3) is 0 Å². The minimum atomic E-state index is -0.551. The Morgan fingerprint density at radius 1 is 1.24 bits per heavy atom. The molecular weight excluding hydrogens is 214 g/mol. The van der Waals surface area contributed by atoms with E-state index in [-0.39, 0.29) is 12.1 Å². The summed E-state index contributed by atoms with van der Waals surface area (Å²) in [5.41, 5.74) is 6.90. The number of aliphatic hydroxyl groups excluding tert-OH is 1. The largest absolute Gasteiger partial charge is 0.386 e. The predicted molar refractivity (Wildman–Crippen MR) is 67.6 cm³/mol. The smallest absolute Gasteiger partial charge is 0.102 e. The fourth-order valence-corrected chi connectivity index (χ4v) is 2.32. The summed E-state index contributed by atoms with van der Waals surface area (Å²) in [6.07, 6.45) is 3.99. The molecular formula is C14H21NO2. The van der Waals surface area contributed by atoms with Gasteiger partial charge >= 0.3 is 0 Å². The summed E-state index contributed by atoms with van der Waals surface area (Å²) in [5.74, 6) is 0. The van der Waals surface area contributed by atoms with Crippen molar-refractivity contribution >= 4 is 0 Å². The van der Waals surface area contributed by atoms with Crippen LogP contribution in [-0.4, -0.2) is 23.9 Å². The second-order valence-corrected chi connectivity index (χ2v) is 4.75. The van der Waals surface area contributed by atoms with Gasteiger partial charge in [0.25, 0.3) is 0 Å². The predicted octanol–water partition coefficient (Wildman–Crippen LogP) is 2.01. The molecule has 0 saturated heterocycles. The lowest BCUT2D eigenvalue weighted by molar-refractivity contribution is -0.0329. The molecule has 3 unspecified atom stereocenters. The molecule has 0 heterocycles. The first-order chi connectivity index (χ1) is 8.27. The number of rotatable bonds is 4. The maximum absolute atomic E-state index is 9.97. The summed E-state index contributed by atoms with van der Waals surface area (Å²) in [6.45, 7) is 0.336. The van der Waals surface area contributed by atoms with E-state index < -0.39 is 6.10 Å². The maximum Gasteiger partial charge on any atom is 0.102 e. The minimum Gasteiger partial charge on any atom is -0.386 e. The number of aliphatic hydroxyl groups is 1. The van der Waals surface area contributed by atoms with Crippen molar-refractivity contribution in [2.24, 2.45) is 5.73 Å². The fraction of sp³-hybridized carbons (Fsp3) is 0.571. The van der Waals surface area contributed by atoms with E-state index in [0.29, 0.717) is 6.61 Å². The van der Waals surface area contributed by atoms with Crippen molar-refractivity contribution in [1.82, 2.24) is 0 Å². The van der Waals surface area contributed by atoms with Crippen LogP contribution < -0.4 is 5.73 Å². The van der Waals surface area contributed by atoms with Crippen molar-refractivity contribution < 1.29 is 9.84 Å². The Hall–Kier alpha value is -0.900. The van der Waals surface area contributed by atoms with Crippen LogP contribution in [0.3, 0.4) is 0 Å². The SMILES string of the molecule is NC1CCCCC1OCC(O)c1ccccc1. The molecule has 1 fully saturated rings. The Labute approximate surface area is 103 Å². The quantitative estimate of drug-likeness (QED) is 0.839. The highest BCUT2D eigenvalue weighted by Crippen LogP contribution is 2.21. The van der Waals surface area contributed by atoms with Crippen molar-refractivity contribution in [1.29, 1.82) is 0 Å². The number of nitrogens with two attached hydrogens (primary N) is 1. The van der Waals surface area contributed by atoms with Crippen molar-refractivity contribution in [3.63, 3.8) is 0 Å². The zero-order chi connectivity index (χ0) is 12.1. The Bertz CT molecular complexity index is 328. The second kappa shape index (κ2) is 6.15. The highest BCUT2D eigenvalue weighted by atomic mass is 16.5. The first-order valence-corrected chi connectivity index (χ1v) is 6.37. The van der Waals surface area contributed by atoms with E-state index in [1.165, 1.54) is 12.8 Å². The van der Waals surface area contributed by atoms with Gasteiger partial charge < -0.3 is 15.6 Å². The van der Waals surface area contributed by atoms with E-state index in [2.05, 4.69) is 0 Å². The van der Waals surface area contributed by atoms with E-state index in [9.17, 15) is 5.11 Å². The van der Waals surface area contributed by atoms with Crippen molar-refractivity contribution in [3.8, 4) is 0 Å². The summed E-state index contributed by atoms with van der Waals surface area (Å²) in [5, 5.41) is 9.97. The van der Waals surface area contributed by atoms with Gasteiger partial charge in [0, 0.05) is 6.04 Å². The normalized spacial score (nSPS) is 26.7. The van der Waals surface area contributed by atoms with Crippen LogP contribution in [0.15, 0.2) is 30.3 Å². The van der Waals surface area contributed by atoms with Gasteiger partial charge in [-0.05, 0) is 18.4 Å². The Morgan fingerprint density at radius 3 is 2.65 bits per heavy atom. The van der Waals surface area contributed by atoms with E-state index in [0.717, 1.165) is 18.4 Å². The molecule has 1 saturated carbocycles. The third kappa shape index (κ3) is 3.53. The van der Waals surface area contributed by atoms with Gasteiger partial charge in [-0.15, -0.1) is 0 Å². The van der Waals surface area contributed by atoms with Crippen molar-refractivity contribution in [3.05, 3.63) is 35.9 Å². The van der Waals surface area contributed by atoms with Crippen LogP contribution in [0.2, 0.25) is 0 Å². The molecule has 3 N–H and O–H groups in total. The Balaban J connectivity index is 1.81. The summed E-state index contributed by atoms with van der Waals surface area (Å²) >= 11 is 0. The zero-order valence-corrected chi connectivity index (χ0v) is 10.1. The molecule has 3 heteroatoms. The lowest BCUT2D eigenvalue weighted by Crippen LogP contribution is -2.40. The molecule has 0 spiro atoms. The van der Waals surface area contributed by atoms with Gasteiger partial charge in [-0.2, -0.15) is 0 Å². The first kappa shape index (κ1) is 12.6. The molecule has 1 aliphatic carbocycles. The summed E-state index contributed by atoms with van der Waals surface area (Å²) in [7, 11) is 0. The number of ether oxygens (including phenoxy) is 1. The average Bonchev–Trinajstić information content (AvgIpc) is 2.38. The summed E-state index contributed by atoms with van der Waals surface area (Å²) in [4.78, 5) is 0. The van der Waals surface area contributed by atoms with Crippen LogP contribution in [0.1, 0.15) is 37.4 Å². The lowest BCUT2D eigenvalue weighted by atomic mass is 9.93. The Kier molecular flexibility index (Phi) is 4.54. The molecule has 1 aromatic rings. The van der Waals surface area contributed by atoms with Crippen LogP contribution in [-0.2, 0) is 4.74 Å². The molecule has 0 bridgehead atoms.